The van der Waals surface area contributed by atoms with Crippen molar-refractivity contribution in [3.05, 3.63) is 145 Å². The van der Waals surface area contributed by atoms with Crippen molar-refractivity contribution in [2.75, 3.05) is 26.3 Å². The fourth-order valence-corrected chi connectivity index (χ4v) is 8.18. The van der Waals surface area contributed by atoms with Gasteiger partial charge in [0.1, 0.15) is 36.2 Å². The standard InChI is InChI=1S/C55H65N7O7/c1-37(2)34-46(54(66)69-35-39-18-7-4-8-19-39)62-53(65)45(25-15-32-59-55(57)58)61-52(64)44(24-13-14-31-56)60-49(63)36-68-48-29-27-41-21-10-12-23-43(41)51(48)50-42-22-11-9-20-40(42)26-28-47(50)67-33-30-38-16-5-3-6-17-38/h3-12,16-23,26-29,37,44-46H,13-15,24-25,30-36,56H2,1-2H3,(H,60,63)(H,61,64)(H,62,65)(H4,57,58,59)/t44-,45-,46+/m1/s1. The largest absolute Gasteiger partial charge is 0.493 e. The van der Waals surface area contributed by atoms with Gasteiger partial charge in [-0.15, -0.1) is 0 Å². The highest BCUT2D eigenvalue weighted by molar-refractivity contribution is 6.10. The number of amides is 3. The third-order valence-corrected chi connectivity index (χ3v) is 11.6. The van der Waals surface area contributed by atoms with Crippen LogP contribution in [0.1, 0.15) is 63.5 Å². The topological polar surface area (TPSA) is 220 Å². The van der Waals surface area contributed by atoms with Gasteiger partial charge in [0, 0.05) is 24.1 Å². The second kappa shape index (κ2) is 26.2. The number of ether oxygens (including phenoxy) is 3. The summed E-state index contributed by atoms with van der Waals surface area (Å²) in [6.45, 7) is 4.54. The highest BCUT2D eigenvalue weighted by atomic mass is 16.5. The molecule has 3 amide bonds. The first-order valence-corrected chi connectivity index (χ1v) is 23.7. The molecule has 0 unspecified atom stereocenters. The van der Waals surface area contributed by atoms with Crippen LogP contribution in [0.3, 0.4) is 0 Å². The highest BCUT2D eigenvalue weighted by Gasteiger charge is 2.31. The minimum atomic E-state index is -1.11. The molecule has 0 radical (unpaired) electrons. The van der Waals surface area contributed by atoms with E-state index in [1.165, 1.54) is 0 Å². The van der Waals surface area contributed by atoms with Gasteiger partial charge >= 0.3 is 5.97 Å². The van der Waals surface area contributed by atoms with Crippen LogP contribution >= 0.6 is 0 Å². The summed E-state index contributed by atoms with van der Waals surface area (Å²) in [6.07, 6.45) is 2.82. The lowest BCUT2D eigenvalue weighted by Crippen LogP contribution is -2.56. The number of unbranched alkanes of at least 4 members (excludes halogenated alkanes) is 1. The Balaban J connectivity index is 1.21. The Kier molecular flexibility index (Phi) is 19.3. The quantitative estimate of drug-likeness (QED) is 0.0125. The van der Waals surface area contributed by atoms with E-state index in [1.807, 2.05) is 135 Å². The van der Waals surface area contributed by atoms with Gasteiger partial charge in [-0.2, -0.15) is 0 Å². The molecule has 0 aliphatic heterocycles. The first kappa shape index (κ1) is 51.0. The molecule has 6 aromatic rings. The zero-order valence-corrected chi connectivity index (χ0v) is 39.5. The Morgan fingerprint density at radius 2 is 1.14 bits per heavy atom. The predicted molar refractivity (Wildman–Crippen MR) is 272 cm³/mol. The minimum Gasteiger partial charge on any atom is -0.493 e. The van der Waals surface area contributed by atoms with Crippen LogP contribution in [0.4, 0.5) is 0 Å². The molecule has 14 nitrogen and oxygen atoms in total. The zero-order chi connectivity index (χ0) is 49.0. The van der Waals surface area contributed by atoms with E-state index in [0.29, 0.717) is 56.8 Å². The van der Waals surface area contributed by atoms with Crippen molar-refractivity contribution >= 4 is 51.2 Å². The Bertz CT molecular complexity index is 2640. The third kappa shape index (κ3) is 15.3. The number of nitrogens with one attached hydrogen (secondary N) is 5. The van der Waals surface area contributed by atoms with Crippen LogP contribution in [0, 0.1) is 11.3 Å². The van der Waals surface area contributed by atoms with Gasteiger partial charge in [-0.25, -0.2) is 4.79 Å². The van der Waals surface area contributed by atoms with E-state index in [9.17, 15) is 19.2 Å². The molecular formula is C55H65N7O7. The normalized spacial score (nSPS) is 12.4. The van der Waals surface area contributed by atoms with Crippen molar-refractivity contribution in [2.24, 2.45) is 17.4 Å². The molecule has 0 aliphatic carbocycles. The van der Waals surface area contributed by atoms with Crippen LogP contribution in [0.5, 0.6) is 11.5 Å². The number of carbonyl (C=O) groups is 4. The van der Waals surface area contributed by atoms with Crippen molar-refractivity contribution in [2.45, 2.75) is 83.5 Å². The molecule has 0 saturated heterocycles. The van der Waals surface area contributed by atoms with Crippen molar-refractivity contribution in [1.82, 2.24) is 21.3 Å². The van der Waals surface area contributed by atoms with Crippen molar-refractivity contribution in [1.29, 1.82) is 5.41 Å². The Morgan fingerprint density at radius 1 is 0.609 bits per heavy atom. The van der Waals surface area contributed by atoms with Crippen molar-refractivity contribution in [3.63, 3.8) is 0 Å². The van der Waals surface area contributed by atoms with Crippen LogP contribution in [0.25, 0.3) is 32.7 Å². The molecule has 6 rings (SSSR count). The van der Waals surface area contributed by atoms with Crippen molar-refractivity contribution < 1.29 is 33.4 Å². The van der Waals surface area contributed by atoms with Gasteiger partial charge in [-0.05, 0) is 95.8 Å². The highest BCUT2D eigenvalue weighted by Crippen LogP contribution is 2.45. The number of hydrogen-bond acceptors (Lipinski definition) is 9. The van der Waals surface area contributed by atoms with E-state index >= 15 is 0 Å². The van der Waals surface area contributed by atoms with Gasteiger partial charge in [0.05, 0.1) is 6.61 Å². The summed E-state index contributed by atoms with van der Waals surface area (Å²) >= 11 is 0. The third-order valence-electron chi connectivity index (χ3n) is 11.6. The summed E-state index contributed by atoms with van der Waals surface area (Å²) in [5.41, 5.74) is 14.9. The number of nitrogens with two attached hydrogens (primary N) is 2. The summed E-state index contributed by atoms with van der Waals surface area (Å²) in [7, 11) is 0. The zero-order valence-electron chi connectivity index (χ0n) is 39.5. The van der Waals surface area contributed by atoms with E-state index in [-0.39, 0.29) is 37.9 Å². The Morgan fingerprint density at radius 3 is 1.74 bits per heavy atom. The fourth-order valence-electron chi connectivity index (χ4n) is 8.18. The maximum Gasteiger partial charge on any atom is 0.328 e. The monoisotopic (exact) mass is 935 g/mol. The number of hydrogen-bond donors (Lipinski definition) is 7. The molecule has 14 heteroatoms. The van der Waals surface area contributed by atoms with E-state index in [4.69, 9.17) is 31.1 Å². The fraction of sp³-hybridized carbons (Fsp3) is 0.327. The van der Waals surface area contributed by atoms with Crippen molar-refractivity contribution in [3.8, 4) is 22.6 Å². The van der Waals surface area contributed by atoms with Crippen LogP contribution in [-0.4, -0.2) is 74.1 Å². The second-order valence-corrected chi connectivity index (χ2v) is 17.4. The predicted octanol–water partition coefficient (Wildman–Crippen LogP) is 7.30. The second-order valence-electron chi connectivity index (χ2n) is 17.4. The van der Waals surface area contributed by atoms with Crippen LogP contribution in [0.15, 0.2) is 133 Å². The molecule has 0 heterocycles. The van der Waals surface area contributed by atoms with Gasteiger partial charge in [-0.1, -0.05) is 135 Å². The lowest BCUT2D eigenvalue weighted by molar-refractivity contribution is -0.150. The lowest BCUT2D eigenvalue weighted by atomic mass is 9.92. The SMILES string of the molecule is CC(C)C[C@H](NC(=O)[C@@H](CCCNC(=N)N)NC(=O)[C@@H](CCCCN)NC(=O)COc1ccc2ccccc2c1-c1c(OCCc2ccccc2)ccc2ccccc12)C(=O)OCc1ccccc1. The molecule has 0 aromatic heterocycles. The average molecular weight is 936 g/mol. The average Bonchev–Trinajstić information content (AvgIpc) is 3.35. The number of esters is 1. The number of benzene rings is 6. The first-order valence-electron chi connectivity index (χ1n) is 23.7. The molecular weight excluding hydrogens is 871 g/mol. The molecule has 0 saturated carbocycles. The molecule has 9 N–H and O–H groups in total. The van der Waals surface area contributed by atoms with Gasteiger partial charge in [0.15, 0.2) is 12.6 Å². The van der Waals surface area contributed by atoms with Gasteiger partial charge in [-0.3, -0.25) is 19.8 Å². The number of rotatable bonds is 26. The van der Waals surface area contributed by atoms with Gasteiger partial charge < -0.3 is 46.9 Å². The maximum atomic E-state index is 14.2. The summed E-state index contributed by atoms with van der Waals surface area (Å²) in [5, 5.41) is 22.7. The summed E-state index contributed by atoms with van der Waals surface area (Å²) in [4.78, 5) is 55.7. The first-order chi connectivity index (χ1) is 33.5. The van der Waals surface area contributed by atoms with E-state index in [2.05, 4.69) is 33.4 Å². The molecule has 6 aromatic carbocycles. The molecule has 0 fully saturated rings. The minimum absolute atomic E-state index is 0.0229. The molecule has 0 aliphatic rings. The number of guanidine groups is 1. The van der Waals surface area contributed by atoms with Gasteiger partial charge in [0.2, 0.25) is 11.8 Å². The Hall–Kier alpha value is -7.45. The number of fused-ring (bicyclic) bond motifs is 2. The smallest absolute Gasteiger partial charge is 0.328 e. The summed E-state index contributed by atoms with van der Waals surface area (Å²) in [5.74, 6) is -1.43. The van der Waals surface area contributed by atoms with Crippen LogP contribution in [-0.2, 0) is 36.9 Å². The maximum absolute atomic E-state index is 14.2. The molecule has 0 spiro atoms. The number of carbonyl (C=O) groups excluding carboxylic acids is 4. The molecule has 362 valence electrons. The molecule has 0 bridgehead atoms. The lowest BCUT2D eigenvalue weighted by Gasteiger charge is -2.26. The summed E-state index contributed by atoms with van der Waals surface area (Å²) < 4.78 is 18.6. The molecule has 3 atom stereocenters. The van der Waals surface area contributed by atoms with E-state index < -0.39 is 48.4 Å². The van der Waals surface area contributed by atoms with Crippen LogP contribution in [0.2, 0.25) is 0 Å². The summed E-state index contributed by atoms with van der Waals surface area (Å²) in [6, 6.07) is 40.1. The van der Waals surface area contributed by atoms with E-state index in [1.54, 1.807) is 0 Å². The molecule has 69 heavy (non-hydrogen) atoms. The van der Waals surface area contributed by atoms with Crippen LogP contribution < -0.4 is 42.2 Å². The van der Waals surface area contributed by atoms with E-state index in [0.717, 1.165) is 43.8 Å². The van der Waals surface area contributed by atoms with Gasteiger partial charge in [0.25, 0.3) is 5.91 Å². The Labute approximate surface area is 404 Å².